The van der Waals surface area contributed by atoms with Crippen LogP contribution in [0.5, 0.6) is 0 Å². The van der Waals surface area contributed by atoms with Crippen LogP contribution in [0.15, 0.2) is 122 Å². The van der Waals surface area contributed by atoms with Crippen LogP contribution in [-0.4, -0.2) is 0 Å². The van der Waals surface area contributed by atoms with E-state index in [2.05, 4.69) is 62.6 Å². The molecule has 4 heterocycles. The van der Waals surface area contributed by atoms with E-state index in [4.69, 9.17) is 26.0 Å². The molecule has 2 aliphatic rings. The molecular formula is C84H116N4+4. The largest absolute Gasteiger partial charge is 0.212 e. The number of benzene rings is 4. The van der Waals surface area contributed by atoms with Crippen LogP contribution in [0.3, 0.4) is 0 Å². The van der Waals surface area contributed by atoms with E-state index in [1.54, 1.807) is 87.1 Å². The number of hydrogen-bond donors (Lipinski definition) is 0. The van der Waals surface area contributed by atoms with Crippen LogP contribution in [0.4, 0.5) is 0 Å². The van der Waals surface area contributed by atoms with Gasteiger partial charge in [0, 0.05) is 94.8 Å². The summed E-state index contributed by atoms with van der Waals surface area (Å²) in [6, 6.07) is 29.9. The SMILES string of the molecule is [2H]C([2H])([2H])c1ccc(-c2cc(C([2H])([2H])C)c(C([2H])([2H])C(C)(C)C)c[n+]2C)c(C)c1.[2H]C([2H])([2H])c1ccc(-c2cc(C)c(C([2H])([2H])C3CCC(C)(C)CC3)c[n+]2C)c(C)c1.[2H]C([2H])([2H])c1ccc(-c2cc3c(c[n+]2C)C([2H])([2H])CCC3)c(C)c1.[2H]C([2H])(c1c[n+](C)c(-c2ccc(CC)cc2C)cc1C)C(C)(C)C. The lowest BCUT2D eigenvalue weighted by molar-refractivity contribution is -0.661. The molecule has 0 radical (unpaired) electrons. The Morgan fingerprint density at radius 1 is 0.477 bits per heavy atom. The molecule has 1 fully saturated rings. The third-order valence-corrected chi connectivity index (χ3v) is 17.0. The van der Waals surface area contributed by atoms with E-state index in [1.165, 1.54) is 23.6 Å². The topological polar surface area (TPSA) is 15.5 Å². The van der Waals surface area contributed by atoms with Gasteiger partial charge in [-0.15, -0.1) is 0 Å². The third kappa shape index (κ3) is 18.5. The van der Waals surface area contributed by atoms with Crippen LogP contribution in [0.1, 0.15) is 223 Å². The summed E-state index contributed by atoms with van der Waals surface area (Å²) in [5.74, 6) is 0.0374. The number of rotatable bonds is 10. The summed E-state index contributed by atoms with van der Waals surface area (Å²) in [5.41, 5.74) is 18.9. The summed E-state index contributed by atoms with van der Waals surface area (Å²) in [6.07, 6.45) is 7.23. The molecule has 88 heavy (non-hydrogen) atoms. The first kappa shape index (κ1) is 46.5. The van der Waals surface area contributed by atoms with Gasteiger partial charge in [0.05, 0.1) is 0 Å². The van der Waals surface area contributed by atoms with Crippen LogP contribution in [0.25, 0.3) is 45.0 Å². The molecule has 4 nitrogen and oxygen atoms in total. The maximum atomic E-state index is 8.93. The zero-order chi connectivity index (χ0) is 81.0. The van der Waals surface area contributed by atoms with Gasteiger partial charge in [-0.2, -0.15) is 0 Å². The highest BCUT2D eigenvalue weighted by atomic mass is 14.9. The molecule has 4 aromatic heterocycles. The fraction of sp³-hybridized carbons (Fsp3) is 0.476. The van der Waals surface area contributed by atoms with Gasteiger partial charge in [-0.25, -0.2) is 18.3 Å². The highest BCUT2D eigenvalue weighted by Gasteiger charge is 2.29. The fourth-order valence-corrected chi connectivity index (χ4v) is 12.0. The number of pyridine rings is 4. The maximum Gasteiger partial charge on any atom is 0.212 e. The molecule has 1 saturated carbocycles. The van der Waals surface area contributed by atoms with Crippen LogP contribution in [-0.2, 0) is 72.9 Å². The number of nitrogens with zero attached hydrogens (tertiary/aromatic N) is 4. The van der Waals surface area contributed by atoms with E-state index in [0.29, 0.717) is 39.8 Å². The molecule has 2 aliphatic carbocycles. The second-order valence-corrected chi connectivity index (χ2v) is 27.7. The minimum absolute atomic E-state index is 0.0374. The highest BCUT2D eigenvalue weighted by Crippen LogP contribution is 2.40. The van der Waals surface area contributed by atoms with Crippen molar-refractivity contribution in [3.05, 3.63) is 211 Å². The van der Waals surface area contributed by atoms with Crippen LogP contribution >= 0.6 is 0 Å². The summed E-state index contributed by atoms with van der Waals surface area (Å²) in [7, 11) is 7.65. The molecule has 0 amide bonds. The molecule has 0 spiro atoms. The lowest BCUT2D eigenvalue weighted by Crippen LogP contribution is -2.33. The number of aryl methyl sites for hydroxylation is 17. The van der Waals surface area contributed by atoms with Gasteiger partial charge in [0.2, 0.25) is 22.8 Å². The molecular weight excluding hydrogens is 1060 g/mol. The molecule has 4 aromatic carbocycles. The zero-order valence-corrected chi connectivity index (χ0v) is 57.1. The van der Waals surface area contributed by atoms with Crippen molar-refractivity contribution in [2.75, 3.05) is 0 Å². The van der Waals surface area contributed by atoms with Gasteiger partial charge in [0.1, 0.15) is 28.2 Å². The van der Waals surface area contributed by atoms with Crippen molar-refractivity contribution >= 4 is 0 Å². The minimum atomic E-state index is -2.19. The molecule has 468 valence electrons. The maximum absolute atomic E-state index is 8.93. The van der Waals surface area contributed by atoms with Crippen LogP contribution in [0.2, 0.25) is 0 Å². The van der Waals surface area contributed by atoms with E-state index in [9.17, 15) is 0 Å². The number of aromatic nitrogens is 4. The first-order valence-corrected chi connectivity index (χ1v) is 31.7. The van der Waals surface area contributed by atoms with Gasteiger partial charge in [0.15, 0.2) is 24.8 Å². The Hall–Kier alpha value is -6.52. The summed E-state index contributed by atoms with van der Waals surface area (Å²) in [4.78, 5) is 0. The van der Waals surface area contributed by atoms with Crippen LogP contribution < -0.4 is 18.3 Å². The Bertz CT molecular complexity index is 4550. The first-order valence-electron chi connectivity index (χ1n) is 41.2. The minimum Gasteiger partial charge on any atom is -0.201 e. The Morgan fingerprint density at radius 2 is 0.898 bits per heavy atom. The van der Waals surface area contributed by atoms with Gasteiger partial charge >= 0.3 is 0 Å². The lowest BCUT2D eigenvalue weighted by Gasteiger charge is -2.34. The first-order chi connectivity index (χ1) is 48.7. The van der Waals surface area contributed by atoms with Crippen molar-refractivity contribution in [2.45, 2.75) is 215 Å². The Balaban J connectivity index is 0.000000200. The monoisotopic (exact) mass is 1200 g/mol. The molecule has 0 bridgehead atoms. The molecule has 0 N–H and O–H groups in total. The molecule has 10 rings (SSSR count). The molecule has 8 aromatic rings. The molecule has 0 saturated heterocycles. The summed E-state index contributed by atoms with van der Waals surface area (Å²) < 4.78 is 161. The highest BCUT2D eigenvalue weighted by molar-refractivity contribution is 5.65. The third-order valence-electron chi connectivity index (χ3n) is 17.0. The second-order valence-electron chi connectivity index (χ2n) is 27.7. The zero-order valence-electron chi connectivity index (χ0n) is 76.1. The normalized spacial score (nSPS) is 18.8. The van der Waals surface area contributed by atoms with Crippen molar-refractivity contribution in [2.24, 2.45) is 50.4 Å². The summed E-state index contributed by atoms with van der Waals surface area (Å²) in [6.45, 7) is 24.8. The van der Waals surface area contributed by atoms with Crippen molar-refractivity contribution in [3.63, 3.8) is 0 Å². The number of fused-ring (bicyclic) bond motifs is 1. The standard InChI is InChI=1S/C24H34N.2C21H30N.C18H22N/c1-17-7-8-22(19(3)13-17)23-14-18(2)21(16-25(23)6)15-20-9-11-24(4,5)12-10-20;1-8-17-9-10-19(16(3)11-17)20-12-15(2)18(14-22(20)7)13-21(4,5)6;1-8-17-12-20(19-10-9-15(2)11-16(19)3)22(7)14-18(17)13-21(4,5)6;1-13-8-9-17(14(2)10-13)18-11-15-6-4-5-7-16(15)12-19(18)3/h7-8,13-14,16,20H,9-12,15H2,1-6H3;2*9-12,14H,8,13H2,1-7H3;8-12H,4-7H2,1-3H3/q4*+1/i1D3,15D2;13D2;2D3,8D2,13D2;1D3,7D2. The lowest BCUT2D eigenvalue weighted by atomic mass is 9.71. The van der Waals surface area contributed by atoms with Gasteiger partial charge in [-0.1, -0.05) is 134 Å². The average Bonchev–Trinajstić information content (AvgIpc) is 0.764. The van der Waals surface area contributed by atoms with Crippen LogP contribution in [0, 0.1) is 84.3 Å². The van der Waals surface area contributed by atoms with Crippen molar-refractivity contribution in [1.29, 1.82) is 0 Å². The predicted octanol–water partition coefficient (Wildman–Crippen LogP) is 19.4. The molecule has 4 heteroatoms. The van der Waals surface area contributed by atoms with E-state index >= 15 is 0 Å². The fourth-order valence-electron chi connectivity index (χ4n) is 12.0. The average molecular weight is 1200 g/mol. The van der Waals surface area contributed by atoms with Crippen molar-refractivity contribution < 1.29 is 44.3 Å². The Morgan fingerprint density at radius 3 is 1.35 bits per heavy atom. The quantitative estimate of drug-likeness (QED) is 0.121. The molecule has 0 unspecified atom stereocenters. The van der Waals surface area contributed by atoms with Gasteiger partial charge < -0.3 is 0 Å². The van der Waals surface area contributed by atoms with E-state index in [-0.39, 0.29) is 11.5 Å². The van der Waals surface area contributed by atoms with Gasteiger partial charge in [-0.05, 0) is 242 Å². The van der Waals surface area contributed by atoms with Crippen molar-refractivity contribution in [3.8, 4) is 45.0 Å². The smallest absolute Gasteiger partial charge is 0.201 e. The second kappa shape index (κ2) is 29.4. The Labute approximate surface area is 563 Å². The molecule has 0 atom stereocenters. The summed E-state index contributed by atoms with van der Waals surface area (Å²) >= 11 is 0. The number of hydrogen-bond acceptors (Lipinski definition) is 0. The van der Waals surface area contributed by atoms with E-state index in [0.717, 1.165) is 129 Å². The van der Waals surface area contributed by atoms with Gasteiger partial charge in [-0.3, -0.25) is 0 Å². The van der Waals surface area contributed by atoms with E-state index in [1.807, 2.05) is 122 Å². The van der Waals surface area contributed by atoms with Gasteiger partial charge in [0.25, 0.3) is 0 Å². The predicted molar refractivity (Wildman–Crippen MR) is 376 cm³/mol. The summed E-state index contributed by atoms with van der Waals surface area (Å²) in [5, 5.41) is 0. The Kier molecular flexibility index (Phi) is 15.6. The molecule has 0 aliphatic heterocycles. The van der Waals surface area contributed by atoms with Crippen molar-refractivity contribution in [1.82, 2.24) is 0 Å². The van der Waals surface area contributed by atoms with E-state index < -0.39 is 63.3 Å².